The summed E-state index contributed by atoms with van der Waals surface area (Å²) in [6.45, 7) is 7.40. The van der Waals surface area contributed by atoms with Gasteiger partial charge in [0.1, 0.15) is 0 Å². The van der Waals surface area contributed by atoms with Crippen LogP contribution in [0.1, 0.15) is 26.3 Å². The molecule has 0 bridgehead atoms. The lowest BCUT2D eigenvalue weighted by Crippen LogP contribution is -2.51. The number of hydrogen-bond donors (Lipinski definition) is 1. The fourth-order valence-corrected chi connectivity index (χ4v) is 2.46. The zero-order valence-electron chi connectivity index (χ0n) is 11.8. The first-order valence-corrected chi connectivity index (χ1v) is 7.11. The van der Waals surface area contributed by atoms with Gasteiger partial charge in [-0.3, -0.25) is 0 Å². The third-order valence-electron chi connectivity index (χ3n) is 3.27. The highest BCUT2D eigenvalue weighted by Crippen LogP contribution is 2.19. The molecule has 1 aromatic carbocycles. The SMILES string of the molecule is CC(Cc1ccccc1Cl)NC1COC(C)(C)OC1. The van der Waals surface area contributed by atoms with Gasteiger partial charge in [-0.25, -0.2) is 0 Å². The van der Waals surface area contributed by atoms with E-state index in [4.69, 9.17) is 21.1 Å². The molecule has 0 aromatic heterocycles. The summed E-state index contributed by atoms with van der Waals surface area (Å²) >= 11 is 6.17. The van der Waals surface area contributed by atoms with E-state index < -0.39 is 5.79 Å². The molecule has 1 unspecified atom stereocenters. The van der Waals surface area contributed by atoms with Crippen LogP contribution in [-0.2, 0) is 15.9 Å². The van der Waals surface area contributed by atoms with Crippen molar-refractivity contribution in [2.75, 3.05) is 13.2 Å². The topological polar surface area (TPSA) is 30.5 Å². The monoisotopic (exact) mass is 283 g/mol. The molecule has 1 aromatic rings. The standard InChI is InChI=1S/C15H22ClNO2/c1-11(8-12-6-4-5-7-14(12)16)17-13-9-18-15(2,3)19-10-13/h4-7,11,13,17H,8-10H2,1-3H3. The predicted octanol–water partition coefficient (Wildman–Crippen LogP) is 3.01. The molecule has 3 nitrogen and oxygen atoms in total. The van der Waals surface area contributed by atoms with Crippen molar-refractivity contribution in [2.45, 2.75) is 45.1 Å². The van der Waals surface area contributed by atoms with Crippen LogP contribution in [0.5, 0.6) is 0 Å². The number of hydrogen-bond acceptors (Lipinski definition) is 3. The van der Waals surface area contributed by atoms with Gasteiger partial charge in [0.15, 0.2) is 5.79 Å². The van der Waals surface area contributed by atoms with E-state index in [0.29, 0.717) is 19.3 Å². The summed E-state index contributed by atoms with van der Waals surface area (Å²) in [5.74, 6) is -0.454. The molecule has 1 heterocycles. The Morgan fingerprint density at radius 3 is 2.58 bits per heavy atom. The Morgan fingerprint density at radius 1 is 1.32 bits per heavy atom. The molecule has 0 radical (unpaired) electrons. The minimum Gasteiger partial charge on any atom is -0.349 e. The molecule has 1 aliphatic heterocycles. The van der Waals surface area contributed by atoms with Crippen molar-refractivity contribution in [3.8, 4) is 0 Å². The van der Waals surface area contributed by atoms with E-state index >= 15 is 0 Å². The molecule has 106 valence electrons. The second-order valence-electron chi connectivity index (χ2n) is 5.58. The van der Waals surface area contributed by atoms with Crippen LogP contribution in [0, 0.1) is 0 Å². The van der Waals surface area contributed by atoms with Crippen LogP contribution in [0.2, 0.25) is 5.02 Å². The summed E-state index contributed by atoms with van der Waals surface area (Å²) in [7, 11) is 0. The minimum absolute atomic E-state index is 0.241. The average molecular weight is 284 g/mol. The first-order valence-electron chi connectivity index (χ1n) is 6.73. The van der Waals surface area contributed by atoms with Crippen LogP contribution in [0.15, 0.2) is 24.3 Å². The maximum atomic E-state index is 6.17. The van der Waals surface area contributed by atoms with Crippen molar-refractivity contribution in [3.63, 3.8) is 0 Å². The van der Waals surface area contributed by atoms with Crippen LogP contribution in [0.4, 0.5) is 0 Å². The Hall–Kier alpha value is -0.610. The van der Waals surface area contributed by atoms with Gasteiger partial charge in [0.05, 0.1) is 19.3 Å². The summed E-state index contributed by atoms with van der Waals surface area (Å²) in [5.41, 5.74) is 1.17. The first kappa shape index (κ1) is 14.8. The van der Waals surface area contributed by atoms with Gasteiger partial charge >= 0.3 is 0 Å². The normalized spacial score (nSPS) is 21.3. The van der Waals surface area contributed by atoms with Crippen molar-refractivity contribution < 1.29 is 9.47 Å². The first-order chi connectivity index (χ1) is 8.96. The molecule has 1 saturated heterocycles. The number of ether oxygens (including phenoxy) is 2. The Morgan fingerprint density at radius 2 is 1.95 bits per heavy atom. The molecule has 1 aliphatic rings. The molecule has 0 spiro atoms. The molecule has 0 aliphatic carbocycles. The fraction of sp³-hybridized carbons (Fsp3) is 0.600. The van der Waals surface area contributed by atoms with Gasteiger partial charge < -0.3 is 14.8 Å². The largest absolute Gasteiger partial charge is 0.349 e. The maximum absolute atomic E-state index is 6.17. The van der Waals surface area contributed by atoms with Gasteiger partial charge in [-0.2, -0.15) is 0 Å². The molecule has 1 fully saturated rings. The van der Waals surface area contributed by atoms with E-state index in [1.165, 1.54) is 5.56 Å². The quantitative estimate of drug-likeness (QED) is 0.921. The highest BCUT2D eigenvalue weighted by molar-refractivity contribution is 6.31. The van der Waals surface area contributed by atoms with Crippen LogP contribution < -0.4 is 5.32 Å². The van der Waals surface area contributed by atoms with E-state index in [1.54, 1.807) is 0 Å². The van der Waals surface area contributed by atoms with Crippen molar-refractivity contribution in [3.05, 3.63) is 34.9 Å². The van der Waals surface area contributed by atoms with E-state index in [9.17, 15) is 0 Å². The Labute approximate surface area is 120 Å². The number of nitrogens with one attached hydrogen (secondary N) is 1. The minimum atomic E-state index is -0.454. The van der Waals surface area contributed by atoms with Gasteiger partial charge in [-0.15, -0.1) is 0 Å². The molecular formula is C15H22ClNO2. The van der Waals surface area contributed by atoms with Crippen molar-refractivity contribution in [1.29, 1.82) is 0 Å². The Balaban J connectivity index is 1.82. The fourth-order valence-electron chi connectivity index (χ4n) is 2.24. The van der Waals surface area contributed by atoms with Crippen molar-refractivity contribution in [1.82, 2.24) is 5.32 Å². The van der Waals surface area contributed by atoms with Crippen LogP contribution in [0.25, 0.3) is 0 Å². The highest BCUT2D eigenvalue weighted by Gasteiger charge is 2.28. The maximum Gasteiger partial charge on any atom is 0.162 e. The van der Waals surface area contributed by atoms with Gasteiger partial charge in [0, 0.05) is 11.1 Å². The molecule has 1 N–H and O–H groups in total. The van der Waals surface area contributed by atoms with Gasteiger partial charge in [0.2, 0.25) is 0 Å². The molecule has 2 rings (SSSR count). The zero-order valence-corrected chi connectivity index (χ0v) is 12.5. The van der Waals surface area contributed by atoms with Crippen molar-refractivity contribution >= 4 is 11.6 Å². The molecule has 4 heteroatoms. The average Bonchev–Trinajstić information content (AvgIpc) is 2.35. The molecule has 0 amide bonds. The predicted molar refractivity (Wildman–Crippen MR) is 77.5 cm³/mol. The van der Waals surface area contributed by atoms with Gasteiger partial charge in [-0.1, -0.05) is 29.8 Å². The molecule has 1 atom stereocenters. The van der Waals surface area contributed by atoms with Crippen LogP contribution in [0.3, 0.4) is 0 Å². The summed E-state index contributed by atoms with van der Waals surface area (Å²) in [4.78, 5) is 0. The third kappa shape index (κ3) is 4.46. The van der Waals surface area contributed by atoms with Crippen LogP contribution >= 0.6 is 11.6 Å². The van der Waals surface area contributed by atoms with E-state index in [2.05, 4.69) is 18.3 Å². The third-order valence-corrected chi connectivity index (χ3v) is 3.64. The zero-order chi connectivity index (χ0) is 13.9. The van der Waals surface area contributed by atoms with E-state index in [0.717, 1.165) is 11.4 Å². The van der Waals surface area contributed by atoms with Crippen LogP contribution in [-0.4, -0.2) is 31.1 Å². The van der Waals surface area contributed by atoms with Gasteiger partial charge in [0.25, 0.3) is 0 Å². The van der Waals surface area contributed by atoms with Crippen molar-refractivity contribution in [2.24, 2.45) is 0 Å². The second-order valence-corrected chi connectivity index (χ2v) is 5.99. The van der Waals surface area contributed by atoms with Gasteiger partial charge in [-0.05, 0) is 38.8 Å². The lowest BCUT2D eigenvalue weighted by Gasteiger charge is -2.36. The van der Waals surface area contributed by atoms with E-state index in [-0.39, 0.29) is 6.04 Å². The lowest BCUT2D eigenvalue weighted by molar-refractivity contribution is -0.253. The second kappa shape index (κ2) is 6.23. The molecule has 0 saturated carbocycles. The Kier molecular flexibility index (Phi) is 4.85. The summed E-state index contributed by atoms with van der Waals surface area (Å²) in [6, 6.07) is 8.54. The lowest BCUT2D eigenvalue weighted by atomic mass is 10.1. The number of halogens is 1. The smallest absolute Gasteiger partial charge is 0.162 e. The summed E-state index contributed by atoms with van der Waals surface area (Å²) in [6.07, 6.45) is 0.902. The highest BCUT2D eigenvalue weighted by atomic mass is 35.5. The number of benzene rings is 1. The Bertz CT molecular complexity index is 412. The molecule has 19 heavy (non-hydrogen) atoms. The number of rotatable bonds is 4. The summed E-state index contributed by atoms with van der Waals surface area (Å²) in [5, 5.41) is 4.35. The van der Waals surface area contributed by atoms with E-state index in [1.807, 2.05) is 32.0 Å². The molecular weight excluding hydrogens is 262 g/mol. The summed E-state index contributed by atoms with van der Waals surface area (Å²) < 4.78 is 11.3.